The second-order valence-electron chi connectivity index (χ2n) is 3.12. The fraction of sp³-hybridized carbons (Fsp3) is 0.300. The molecular formula is C10H16N4. The van der Waals surface area contributed by atoms with E-state index in [1.54, 1.807) is 12.3 Å². The van der Waals surface area contributed by atoms with Crippen molar-refractivity contribution in [3.63, 3.8) is 0 Å². The number of nitrogens with zero attached hydrogens (tertiary/aromatic N) is 1. The maximum absolute atomic E-state index is 5.73. The Kier molecular flexibility index (Phi) is 3.34. The van der Waals surface area contributed by atoms with Gasteiger partial charge in [-0.2, -0.15) is 0 Å². The van der Waals surface area contributed by atoms with Gasteiger partial charge in [-0.15, -0.1) is 0 Å². The first kappa shape index (κ1) is 10.4. The highest BCUT2D eigenvalue weighted by atomic mass is 15.0. The van der Waals surface area contributed by atoms with Gasteiger partial charge in [-0.1, -0.05) is 19.1 Å². The molecule has 0 amide bonds. The molecule has 76 valence electrons. The Balaban J connectivity index is 2.68. The number of rotatable bonds is 4. The highest BCUT2D eigenvalue weighted by molar-refractivity contribution is 5.75. The summed E-state index contributed by atoms with van der Waals surface area (Å²) in [6, 6.07) is 1.68. The van der Waals surface area contributed by atoms with Crippen LogP contribution in [0.5, 0.6) is 0 Å². The van der Waals surface area contributed by atoms with E-state index >= 15 is 0 Å². The minimum Gasteiger partial charge on any atom is -0.397 e. The molecule has 0 bridgehead atoms. The molecule has 0 aliphatic rings. The predicted molar refractivity (Wildman–Crippen MR) is 61.0 cm³/mol. The Morgan fingerprint density at radius 2 is 2.29 bits per heavy atom. The smallest absolute Gasteiger partial charge is 0.151 e. The molecule has 14 heavy (non-hydrogen) atoms. The topological polar surface area (TPSA) is 77.0 Å². The van der Waals surface area contributed by atoms with E-state index in [1.165, 1.54) is 0 Å². The van der Waals surface area contributed by atoms with Crippen LogP contribution in [0.15, 0.2) is 24.4 Å². The molecule has 0 saturated carbocycles. The second-order valence-corrected chi connectivity index (χ2v) is 3.12. The summed E-state index contributed by atoms with van der Waals surface area (Å²) in [6.07, 6.45) is 2.57. The Morgan fingerprint density at radius 1 is 1.57 bits per heavy atom. The van der Waals surface area contributed by atoms with Crippen LogP contribution in [0, 0.1) is 0 Å². The van der Waals surface area contributed by atoms with Gasteiger partial charge in [0, 0.05) is 12.7 Å². The van der Waals surface area contributed by atoms with Gasteiger partial charge in [0.25, 0.3) is 0 Å². The lowest BCUT2D eigenvalue weighted by Gasteiger charge is -2.09. The van der Waals surface area contributed by atoms with Gasteiger partial charge in [-0.25, -0.2) is 4.98 Å². The molecule has 0 aromatic carbocycles. The summed E-state index contributed by atoms with van der Waals surface area (Å²) in [5, 5.41) is 3.09. The molecule has 0 saturated heterocycles. The average Bonchev–Trinajstić information content (AvgIpc) is 2.20. The van der Waals surface area contributed by atoms with Crippen LogP contribution in [0.2, 0.25) is 0 Å². The molecule has 0 radical (unpaired) electrons. The first-order valence-electron chi connectivity index (χ1n) is 4.55. The van der Waals surface area contributed by atoms with Crippen molar-refractivity contribution in [3.05, 3.63) is 24.4 Å². The van der Waals surface area contributed by atoms with Crippen LogP contribution in [-0.2, 0) is 0 Å². The quantitative estimate of drug-likeness (QED) is 0.633. The predicted octanol–water partition coefficient (Wildman–Crippen LogP) is 1.62. The number of hydrogen-bond acceptors (Lipinski definition) is 4. The van der Waals surface area contributed by atoms with Crippen LogP contribution in [-0.4, -0.2) is 11.5 Å². The minimum absolute atomic E-state index is 0.497. The first-order chi connectivity index (χ1) is 6.65. The Labute approximate surface area is 84.0 Å². The van der Waals surface area contributed by atoms with E-state index in [0.717, 1.165) is 12.0 Å². The average molecular weight is 192 g/mol. The van der Waals surface area contributed by atoms with E-state index in [0.29, 0.717) is 23.7 Å². The molecule has 4 nitrogen and oxygen atoms in total. The molecule has 0 aliphatic heterocycles. The lowest BCUT2D eigenvalue weighted by molar-refractivity contribution is 1.04. The zero-order chi connectivity index (χ0) is 10.6. The molecular weight excluding hydrogens is 176 g/mol. The Bertz CT molecular complexity index is 333. The molecule has 0 aliphatic carbocycles. The molecule has 1 rings (SSSR count). The number of nitrogens with two attached hydrogens (primary N) is 2. The summed E-state index contributed by atoms with van der Waals surface area (Å²) >= 11 is 0. The van der Waals surface area contributed by atoms with E-state index in [2.05, 4.69) is 23.8 Å². The van der Waals surface area contributed by atoms with Crippen molar-refractivity contribution in [1.82, 2.24) is 4.98 Å². The van der Waals surface area contributed by atoms with Gasteiger partial charge < -0.3 is 16.8 Å². The van der Waals surface area contributed by atoms with Crippen molar-refractivity contribution in [2.45, 2.75) is 13.3 Å². The van der Waals surface area contributed by atoms with Crippen LogP contribution in [0.25, 0.3) is 0 Å². The monoisotopic (exact) mass is 192 g/mol. The van der Waals surface area contributed by atoms with Crippen LogP contribution >= 0.6 is 0 Å². The molecule has 1 heterocycles. The third-order valence-corrected chi connectivity index (χ3v) is 2.03. The van der Waals surface area contributed by atoms with Gasteiger partial charge in [0.2, 0.25) is 0 Å². The van der Waals surface area contributed by atoms with Crippen LogP contribution in [0.3, 0.4) is 0 Å². The maximum atomic E-state index is 5.73. The van der Waals surface area contributed by atoms with Crippen molar-refractivity contribution in [3.8, 4) is 0 Å². The van der Waals surface area contributed by atoms with Crippen molar-refractivity contribution in [1.29, 1.82) is 0 Å². The van der Waals surface area contributed by atoms with Crippen molar-refractivity contribution >= 4 is 17.2 Å². The third kappa shape index (κ3) is 2.39. The lowest BCUT2D eigenvalue weighted by atomic mass is 10.2. The minimum atomic E-state index is 0.497. The molecule has 0 spiro atoms. The van der Waals surface area contributed by atoms with Gasteiger partial charge in [0.1, 0.15) is 0 Å². The zero-order valence-electron chi connectivity index (χ0n) is 8.38. The van der Waals surface area contributed by atoms with E-state index < -0.39 is 0 Å². The van der Waals surface area contributed by atoms with E-state index in [-0.39, 0.29) is 0 Å². The third-order valence-electron chi connectivity index (χ3n) is 2.03. The fourth-order valence-electron chi connectivity index (χ4n) is 0.963. The number of pyridine rings is 1. The molecule has 0 unspecified atom stereocenters. The van der Waals surface area contributed by atoms with Crippen molar-refractivity contribution in [2.75, 3.05) is 23.3 Å². The highest BCUT2D eigenvalue weighted by Crippen LogP contribution is 2.21. The summed E-state index contributed by atoms with van der Waals surface area (Å²) < 4.78 is 0. The summed E-state index contributed by atoms with van der Waals surface area (Å²) in [4.78, 5) is 4.09. The van der Waals surface area contributed by atoms with E-state index in [1.807, 2.05) is 0 Å². The molecule has 0 atom stereocenters. The van der Waals surface area contributed by atoms with Gasteiger partial charge >= 0.3 is 0 Å². The normalized spacial score (nSPS) is 9.79. The second kappa shape index (κ2) is 4.50. The molecule has 1 aromatic rings. The van der Waals surface area contributed by atoms with Crippen LogP contribution in [0.4, 0.5) is 17.2 Å². The summed E-state index contributed by atoms with van der Waals surface area (Å²) in [6.45, 7) is 6.61. The lowest BCUT2D eigenvalue weighted by Crippen LogP contribution is -2.08. The van der Waals surface area contributed by atoms with Gasteiger partial charge in [-0.05, 0) is 12.5 Å². The van der Waals surface area contributed by atoms with Gasteiger partial charge in [-0.3, -0.25) is 0 Å². The number of nitrogens with one attached hydrogen (secondary N) is 1. The molecule has 1 aromatic heterocycles. The molecule has 0 fully saturated rings. The van der Waals surface area contributed by atoms with Gasteiger partial charge in [0.15, 0.2) is 5.82 Å². The largest absolute Gasteiger partial charge is 0.397 e. The summed E-state index contributed by atoms with van der Waals surface area (Å²) in [5.41, 5.74) is 13.5. The zero-order valence-corrected chi connectivity index (χ0v) is 8.38. The summed E-state index contributed by atoms with van der Waals surface area (Å²) in [7, 11) is 0. The number of hydrogen-bond donors (Lipinski definition) is 3. The Hall–Kier alpha value is -1.71. The molecule has 4 heteroatoms. The fourth-order valence-corrected chi connectivity index (χ4v) is 0.963. The Morgan fingerprint density at radius 3 is 2.93 bits per heavy atom. The number of nitrogen functional groups attached to an aromatic ring is 2. The SMILES string of the molecule is C=C(CC)CNc1nccc(N)c1N. The first-order valence-corrected chi connectivity index (χ1v) is 4.55. The van der Waals surface area contributed by atoms with Crippen LogP contribution in [0.1, 0.15) is 13.3 Å². The summed E-state index contributed by atoms with van der Waals surface area (Å²) in [5.74, 6) is 0.625. The highest BCUT2D eigenvalue weighted by Gasteiger charge is 2.02. The van der Waals surface area contributed by atoms with Crippen molar-refractivity contribution < 1.29 is 0 Å². The van der Waals surface area contributed by atoms with Crippen LogP contribution < -0.4 is 16.8 Å². The maximum Gasteiger partial charge on any atom is 0.151 e. The van der Waals surface area contributed by atoms with Crippen molar-refractivity contribution in [2.24, 2.45) is 0 Å². The van der Waals surface area contributed by atoms with E-state index in [4.69, 9.17) is 11.5 Å². The van der Waals surface area contributed by atoms with E-state index in [9.17, 15) is 0 Å². The number of anilines is 3. The molecule has 5 N–H and O–H groups in total. The van der Waals surface area contributed by atoms with Gasteiger partial charge in [0.05, 0.1) is 11.4 Å². The standard InChI is InChI=1S/C10H16N4/c1-3-7(2)6-14-10-9(12)8(11)4-5-13-10/h4-5H,2-3,6,12H2,1H3,(H3,11,13,14). The number of aromatic nitrogens is 1.